The number of carbonyl (C=O) groups is 3. The van der Waals surface area contributed by atoms with Gasteiger partial charge in [-0.1, -0.05) is 0 Å². The lowest BCUT2D eigenvalue weighted by Gasteiger charge is -2.42. The van der Waals surface area contributed by atoms with Crippen molar-refractivity contribution in [2.75, 3.05) is 43.4 Å². The zero-order chi connectivity index (χ0) is 27.9. The van der Waals surface area contributed by atoms with Gasteiger partial charge in [-0.15, -0.1) is 0 Å². The molecule has 1 amide bonds. The Kier molecular flexibility index (Phi) is 9.33. The average Bonchev–Trinajstić information content (AvgIpc) is 3.32. The lowest BCUT2D eigenvalue weighted by molar-refractivity contribution is -0.141. The molecule has 13 heteroatoms. The van der Waals surface area contributed by atoms with Gasteiger partial charge < -0.3 is 25.4 Å². The molecule has 3 N–H and O–H groups in total. The fraction of sp³-hybridized carbons (Fsp3) is 0.615. The molecule has 0 aromatic carbocycles. The zero-order valence-electron chi connectivity index (χ0n) is 22.9. The molecule has 2 aromatic rings. The summed E-state index contributed by atoms with van der Waals surface area (Å²) in [7, 11) is 1.83. The summed E-state index contributed by atoms with van der Waals surface area (Å²) in [6.07, 6.45) is 7.24. The maximum absolute atomic E-state index is 12.8. The van der Waals surface area contributed by atoms with Crippen LogP contribution in [0, 0.1) is 6.92 Å². The Morgan fingerprint density at radius 2 is 1.79 bits per heavy atom. The lowest BCUT2D eigenvalue weighted by atomic mass is 9.89. The molecule has 39 heavy (non-hydrogen) atoms. The van der Waals surface area contributed by atoms with Crippen molar-refractivity contribution in [3.05, 3.63) is 23.7 Å². The number of anilines is 3. The maximum Gasteiger partial charge on any atom is 0.343 e. The standard InChI is InChI=1S/C26H38N8O5/c1-4-39-25(38)23-17(2)28-26(30-19-15-27-32(3)16-19)31-24(23)29-18-5-7-20(8-6-18)33-11-13-34(14-12-33)21(35)9-10-22(36)37/h15-16,18,20H,4-14H2,1-3H3,(H,36,37)(H2,28,29,30,31). The summed E-state index contributed by atoms with van der Waals surface area (Å²) in [5.74, 6) is -0.639. The Hall–Kier alpha value is -3.74. The third-order valence-electron chi connectivity index (χ3n) is 7.30. The van der Waals surface area contributed by atoms with Crippen molar-refractivity contribution in [2.24, 2.45) is 7.05 Å². The molecule has 0 unspecified atom stereocenters. The van der Waals surface area contributed by atoms with Gasteiger partial charge in [-0.25, -0.2) is 9.78 Å². The molecule has 0 spiro atoms. The van der Waals surface area contributed by atoms with Gasteiger partial charge in [-0.05, 0) is 39.5 Å². The number of amides is 1. The van der Waals surface area contributed by atoms with Crippen LogP contribution in [-0.2, 0) is 21.4 Å². The fourth-order valence-electron chi connectivity index (χ4n) is 5.28. The molecule has 1 saturated heterocycles. The normalized spacial score (nSPS) is 19.9. The highest BCUT2D eigenvalue weighted by atomic mass is 16.5. The first-order chi connectivity index (χ1) is 18.7. The second-order valence-electron chi connectivity index (χ2n) is 10.1. The number of hydrogen-bond donors (Lipinski definition) is 3. The molecule has 2 fully saturated rings. The van der Waals surface area contributed by atoms with Crippen LogP contribution in [0.5, 0.6) is 0 Å². The second-order valence-corrected chi connectivity index (χ2v) is 10.1. The van der Waals surface area contributed by atoms with Crippen molar-refractivity contribution in [2.45, 2.75) is 64.5 Å². The first kappa shape index (κ1) is 28.3. The van der Waals surface area contributed by atoms with E-state index in [1.165, 1.54) is 0 Å². The highest BCUT2D eigenvalue weighted by Gasteiger charge is 2.31. The second kappa shape index (κ2) is 12.9. The number of aryl methyl sites for hydroxylation is 2. The van der Waals surface area contributed by atoms with Gasteiger partial charge in [0.1, 0.15) is 11.4 Å². The number of ether oxygens (including phenoxy) is 1. The minimum Gasteiger partial charge on any atom is -0.481 e. The van der Waals surface area contributed by atoms with Gasteiger partial charge in [-0.2, -0.15) is 10.1 Å². The van der Waals surface area contributed by atoms with E-state index < -0.39 is 11.9 Å². The van der Waals surface area contributed by atoms with Crippen LogP contribution >= 0.6 is 0 Å². The monoisotopic (exact) mass is 542 g/mol. The number of nitrogens with zero attached hydrogens (tertiary/aromatic N) is 6. The molecule has 0 atom stereocenters. The largest absolute Gasteiger partial charge is 0.481 e. The number of carbonyl (C=O) groups excluding carboxylic acids is 2. The van der Waals surface area contributed by atoms with Crippen molar-refractivity contribution in [1.82, 2.24) is 29.5 Å². The van der Waals surface area contributed by atoms with E-state index in [0.717, 1.165) is 44.5 Å². The van der Waals surface area contributed by atoms with Gasteiger partial charge >= 0.3 is 11.9 Å². The van der Waals surface area contributed by atoms with E-state index in [1.54, 1.807) is 29.6 Å². The molecular weight excluding hydrogens is 504 g/mol. The van der Waals surface area contributed by atoms with Gasteiger partial charge in [0, 0.05) is 57.9 Å². The molecule has 2 aliphatic rings. The molecule has 2 aromatic heterocycles. The number of esters is 1. The molecule has 1 aliphatic carbocycles. The van der Waals surface area contributed by atoms with Crippen LogP contribution in [0.2, 0.25) is 0 Å². The van der Waals surface area contributed by atoms with E-state index in [0.29, 0.717) is 42.2 Å². The van der Waals surface area contributed by atoms with E-state index >= 15 is 0 Å². The van der Waals surface area contributed by atoms with Crippen LogP contribution in [0.3, 0.4) is 0 Å². The van der Waals surface area contributed by atoms with Crippen molar-refractivity contribution in [1.29, 1.82) is 0 Å². The third-order valence-corrected chi connectivity index (χ3v) is 7.30. The number of nitrogens with one attached hydrogen (secondary N) is 2. The first-order valence-electron chi connectivity index (χ1n) is 13.5. The number of aliphatic carboxylic acids is 1. The summed E-state index contributed by atoms with van der Waals surface area (Å²) in [4.78, 5) is 49.1. The van der Waals surface area contributed by atoms with Crippen molar-refractivity contribution >= 4 is 35.3 Å². The van der Waals surface area contributed by atoms with Crippen LogP contribution in [0.4, 0.5) is 17.5 Å². The molecule has 212 valence electrons. The molecule has 0 bridgehead atoms. The van der Waals surface area contributed by atoms with E-state index in [-0.39, 0.29) is 31.4 Å². The van der Waals surface area contributed by atoms with E-state index in [4.69, 9.17) is 9.84 Å². The van der Waals surface area contributed by atoms with Crippen LogP contribution in [0.1, 0.15) is 61.5 Å². The van der Waals surface area contributed by atoms with Crippen molar-refractivity contribution < 1.29 is 24.2 Å². The summed E-state index contributed by atoms with van der Waals surface area (Å²) >= 11 is 0. The molecule has 0 radical (unpaired) electrons. The van der Waals surface area contributed by atoms with Gasteiger partial charge in [0.05, 0.1) is 30.6 Å². The number of rotatable bonds is 10. The van der Waals surface area contributed by atoms with Crippen LogP contribution in [0.25, 0.3) is 0 Å². The number of hydrogen-bond acceptors (Lipinski definition) is 10. The molecule has 4 rings (SSSR count). The maximum atomic E-state index is 12.8. The predicted molar refractivity (Wildman–Crippen MR) is 144 cm³/mol. The predicted octanol–water partition coefficient (Wildman–Crippen LogP) is 2.17. The minimum atomic E-state index is -0.945. The molecule has 13 nitrogen and oxygen atoms in total. The molecule has 3 heterocycles. The van der Waals surface area contributed by atoms with Gasteiger partial charge in [-0.3, -0.25) is 19.2 Å². The molecular formula is C26H38N8O5. The summed E-state index contributed by atoms with van der Waals surface area (Å²) in [5.41, 5.74) is 1.62. The van der Waals surface area contributed by atoms with Crippen LogP contribution in [0.15, 0.2) is 12.4 Å². The number of carboxylic acids is 1. The number of piperazine rings is 1. The minimum absolute atomic E-state index is 0.0574. The molecule has 1 saturated carbocycles. The molecule has 1 aliphatic heterocycles. The highest BCUT2D eigenvalue weighted by Crippen LogP contribution is 2.29. The fourth-order valence-corrected chi connectivity index (χ4v) is 5.28. The summed E-state index contributed by atoms with van der Waals surface area (Å²) in [6, 6.07) is 0.577. The Morgan fingerprint density at radius 1 is 1.08 bits per heavy atom. The summed E-state index contributed by atoms with van der Waals surface area (Å²) in [6.45, 7) is 6.66. The SMILES string of the molecule is CCOC(=O)c1c(C)nc(Nc2cnn(C)c2)nc1NC1CCC(N2CCN(C(=O)CCC(=O)O)CC2)CC1. The highest BCUT2D eigenvalue weighted by molar-refractivity contribution is 5.96. The van der Waals surface area contributed by atoms with E-state index in [9.17, 15) is 14.4 Å². The Bertz CT molecular complexity index is 1170. The van der Waals surface area contributed by atoms with Gasteiger partial charge in [0.25, 0.3) is 0 Å². The Morgan fingerprint density at radius 3 is 2.41 bits per heavy atom. The van der Waals surface area contributed by atoms with Crippen molar-refractivity contribution in [3.8, 4) is 0 Å². The van der Waals surface area contributed by atoms with Gasteiger partial charge in [0.2, 0.25) is 11.9 Å². The Labute approximate surface area is 227 Å². The zero-order valence-corrected chi connectivity index (χ0v) is 22.9. The summed E-state index contributed by atoms with van der Waals surface area (Å²) in [5, 5.41) is 19.6. The topological polar surface area (TPSA) is 155 Å². The van der Waals surface area contributed by atoms with Crippen molar-refractivity contribution in [3.63, 3.8) is 0 Å². The number of aromatic nitrogens is 4. The smallest absolute Gasteiger partial charge is 0.343 e. The first-order valence-corrected chi connectivity index (χ1v) is 13.5. The van der Waals surface area contributed by atoms with Crippen LogP contribution < -0.4 is 10.6 Å². The van der Waals surface area contributed by atoms with Crippen LogP contribution in [-0.4, -0.2) is 97.4 Å². The van der Waals surface area contributed by atoms with E-state index in [2.05, 4.69) is 30.6 Å². The lowest BCUT2D eigenvalue weighted by Crippen LogP contribution is -2.53. The summed E-state index contributed by atoms with van der Waals surface area (Å²) < 4.78 is 6.97. The number of carboxylic acid groups (broad SMARTS) is 1. The Balaban J connectivity index is 1.36. The van der Waals surface area contributed by atoms with E-state index in [1.807, 2.05) is 13.2 Å². The third kappa shape index (κ3) is 7.43. The van der Waals surface area contributed by atoms with Gasteiger partial charge in [0.15, 0.2) is 0 Å². The average molecular weight is 543 g/mol. The quantitative estimate of drug-likeness (QED) is 0.378.